The Kier molecular flexibility index (Phi) is 5.35. The summed E-state index contributed by atoms with van der Waals surface area (Å²) < 4.78 is 6.15. The third-order valence-corrected chi connectivity index (χ3v) is 3.71. The van der Waals surface area contributed by atoms with Crippen LogP contribution in [-0.4, -0.2) is 9.90 Å². The quantitative estimate of drug-likeness (QED) is 0.601. The van der Waals surface area contributed by atoms with Crippen molar-refractivity contribution in [1.82, 2.24) is 4.57 Å². The van der Waals surface area contributed by atoms with Crippen molar-refractivity contribution in [2.45, 2.75) is 25.3 Å². The molecule has 0 amide bonds. The van der Waals surface area contributed by atoms with Gasteiger partial charge in [-0.05, 0) is 18.4 Å². The molecule has 2 rings (SSSR count). The molecule has 1 unspecified atom stereocenters. The number of aromatic nitrogens is 1. The van der Waals surface area contributed by atoms with Crippen LogP contribution in [0.3, 0.4) is 0 Å². The fourth-order valence-electron chi connectivity index (χ4n) is 2.18. The van der Waals surface area contributed by atoms with Gasteiger partial charge in [-0.1, -0.05) is 52.7 Å². The molecule has 0 aliphatic rings. The van der Waals surface area contributed by atoms with Crippen LogP contribution in [0, 0.1) is 0 Å². The van der Waals surface area contributed by atoms with Crippen LogP contribution >= 0.6 is 15.9 Å². The third kappa shape index (κ3) is 3.70. The van der Waals surface area contributed by atoms with E-state index in [-0.39, 0.29) is 6.04 Å². The Morgan fingerprint density at radius 1 is 1.10 bits per heavy atom. The Morgan fingerprint density at radius 3 is 2.50 bits per heavy atom. The first kappa shape index (κ1) is 14.8. The van der Waals surface area contributed by atoms with Gasteiger partial charge in [-0.25, -0.2) is 9.59 Å². The summed E-state index contributed by atoms with van der Waals surface area (Å²) in [6, 6.07) is 11.0. The van der Waals surface area contributed by atoms with Gasteiger partial charge in [0.2, 0.25) is 0 Å². The van der Waals surface area contributed by atoms with Crippen LogP contribution in [0.15, 0.2) is 56.6 Å². The lowest BCUT2D eigenvalue weighted by Gasteiger charge is -2.19. The van der Waals surface area contributed by atoms with Crippen molar-refractivity contribution in [3.8, 4) is 0 Å². The van der Waals surface area contributed by atoms with E-state index in [0.717, 1.165) is 30.2 Å². The highest BCUT2D eigenvalue weighted by Crippen LogP contribution is 2.22. The van der Waals surface area contributed by atoms with E-state index in [0.29, 0.717) is 0 Å². The summed E-state index contributed by atoms with van der Waals surface area (Å²) in [6.07, 6.45) is 4.36. The molecule has 0 N–H and O–H groups in total. The van der Waals surface area contributed by atoms with Crippen molar-refractivity contribution >= 4 is 15.9 Å². The molecule has 1 heterocycles. The molecule has 2 aromatic rings. The Morgan fingerprint density at radius 2 is 1.85 bits per heavy atom. The van der Waals surface area contributed by atoms with Crippen LogP contribution < -0.4 is 11.4 Å². The number of halogens is 1. The van der Waals surface area contributed by atoms with Crippen molar-refractivity contribution in [3.05, 3.63) is 69.1 Å². The first-order valence-electron chi connectivity index (χ1n) is 6.55. The highest BCUT2D eigenvalue weighted by atomic mass is 79.9. The maximum Gasteiger partial charge on any atom is 0.422 e. The van der Waals surface area contributed by atoms with Crippen LogP contribution in [-0.2, 0) is 0 Å². The first-order valence-corrected chi connectivity index (χ1v) is 7.67. The standard InChI is InChI=1S/C15H16BrNO3/c16-10-5-4-8-13(12-6-2-1-3-7-12)17-11-9-14(18)20-15(17)19/h1-3,6-7,9,11,13H,4-5,8,10H2. The topological polar surface area (TPSA) is 52.2 Å². The molecule has 0 radical (unpaired) electrons. The molecule has 1 aromatic heterocycles. The monoisotopic (exact) mass is 337 g/mol. The Bertz CT molecular complexity index is 648. The predicted octanol–water partition coefficient (Wildman–Crippen LogP) is 2.96. The van der Waals surface area contributed by atoms with Gasteiger partial charge in [0, 0.05) is 17.6 Å². The van der Waals surface area contributed by atoms with Gasteiger partial charge in [-0.2, -0.15) is 0 Å². The minimum absolute atomic E-state index is 0.105. The van der Waals surface area contributed by atoms with Crippen LogP contribution in [0.5, 0.6) is 0 Å². The summed E-state index contributed by atoms with van der Waals surface area (Å²) in [6.45, 7) is 0. The predicted molar refractivity (Wildman–Crippen MR) is 81.5 cm³/mol. The molecule has 0 aliphatic carbocycles. The minimum atomic E-state index is -0.612. The van der Waals surface area contributed by atoms with Gasteiger partial charge in [0.25, 0.3) is 0 Å². The maximum atomic E-state index is 11.9. The van der Waals surface area contributed by atoms with Crippen LogP contribution in [0.2, 0.25) is 0 Å². The molecule has 1 atom stereocenters. The molecule has 0 fully saturated rings. The summed E-state index contributed by atoms with van der Waals surface area (Å²) in [7, 11) is 0. The average Bonchev–Trinajstić information content (AvgIpc) is 2.46. The number of benzene rings is 1. The number of hydrogen-bond donors (Lipinski definition) is 0. The molecule has 0 bridgehead atoms. The second-order valence-corrected chi connectivity index (χ2v) is 5.31. The summed E-state index contributed by atoms with van der Waals surface area (Å²) in [5, 5.41) is 0.938. The van der Waals surface area contributed by atoms with Crippen LogP contribution in [0.1, 0.15) is 30.9 Å². The van der Waals surface area contributed by atoms with Gasteiger partial charge in [0.05, 0.1) is 6.04 Å². The molecule has 20 heavy (non-hydrogen) atoms. The average molecular weight is 338 g/mol. The van der Waals surface area contributed by atoms with Crippen molar-refractivity contribution in [2.75, 3.05) is 5.33 Å². The van der Waals surface area contributed by atoms with Crippen molar-refractivity contribution in [2.24, 2.45) is 0 Å². The summed E-state index contributed by atoms with van der Waals surface area (Å²) >= 11 is 3.41. The highest BCUT2D eigenvalue weighted by Gasteiger charge is 2.15. The zero-order chi connectivity index (χ0) is 14.4. The van der Waals surface area contributed by atoms with Gasteiger partial charge in [0.1, 0.15) is 0 Å². The maximum absolute atomic E-state index is 11.9. The van der Waals surface area contributed by atoms with Gasteiger partial charge >= 0.3 is 11.4 Å². The first-order chi connectivity index (χ1) is 9.72. The molecule has 106 valence electrons. The molecule has 0 saturated carbocycles. The van der Waals surface area contributed by atoms with Crippen LogP contribution in [0.25, 0.3) is 0 Å². The Hall–Kier alpha value is -1.62. The molecule has 1 aromatic carbocycles. The second kappa shape index (κ2) is 7.24. The summed E-state index contributed by atoms with van der Waals surface area (Å²) in [5.41, 5.74) is 0.427. The normalized spacial score (nSPS) is 12.2. The second-order valence-electron chi connectivity index (χ2n) is 4.52. The van der Waals surface area contributed by atoms with E-state index in [2.05, 4.69) is 20.3 Å². The lowest BCUT2D eigenvalue weighted by atomic mass is 10.0. The van der Waals surface area contributed by atoms with Crippen molar-refractivity contribution < 1.29 is 4.42 Å². The van der Waals surface area contributed by atoms with Crippen molar-refractivity contribution in [3.63, 3.8) is 0 Å². The van der Waals surface area contributed by atoms with Crippen LogP contribution in [0.4, 0.5) is 0 Å². The van der Waals surface area contributed by atoms with Gasteiger partial charge < -0.3 is 4.42 Å². The lowest BCUT2D eigenvalue weighted by Crippen LogP contribution is -2.27. The molecule has 0 saturated heterocycles. The fourth-order valence-corrected chi connectivity index (χ4v) is 2.58. The molecule has 4 nitrogen and oxygen atoms in total. The zero-order valence-electron chi connectivity index (χ0n) is 11.0. The highest BCUT2D eigenvalue weighted by molar-refractivity contribution is 9.09. The number of rotatable bonds is 6. The van der Waals surface area contributed by atoms with Crippen molar-refractivity contribution in [1.29, 1.82) is 0 Å². The van der Waals surface area contributed by atoms with E-state index in [4.69, 9.17) is 0 Å². The lowest BCUT2D eigenvalue weighted by molar-refractivity contribution is 0.371. The van der Waals surface area contributed by atoms with Gasteiger partial charge in [-0.15, -0.1) is 0 Å². The zero-order valence-corrected chi connectivity index (χ0v) is 12.6. The smallest absolute Gasteiger partial charge is 0.373 e. The van der Waals surface area contributed by atoms with E-state index < -0.39 is 11.4 Å². The molecule has 0 aliphatic heterocycles. The number of alkyl halides is 1. The third-order valence-electron chi connectivity index (χ3n) is 3.15. The van der Waals surface area contributed by atoms with E-state index in [1.54, 1.807) is 0 Å². The molecular formula is C15H16BrNO3. The van der Waals surface area contributed by atoms with E-state index in [1.807, 2.05) is 30.3 Å². The van der Waals surface area contributed by atoms with E-state index in [1.165, 1.54) is 16.8 Å². The fraction of sp³-hybridized carbons (Fsp3) is 0.333. The molecule has 5 heteroatoms. The Balaban J connectivity index is 2.35. The number of nitrogens with zero attached hydrogens (tertiary/aromatic N) is 1. The van der Waals surface area contributed by atoms with Gasteiger partial charge in [-0.3, -0.25) is 4.57 Å². The molecular weight excluding hydrogens is 322 g/mol. The molecule has 0 spiro atoms. The SMILES string of the molecule is O=c1ccn(C(CCCCBr)c2ccccc2)c(=O)o1. The number of hydrogen-bond acceptors (Lipinski definition) is 3. The summed E-state index contributed by atoms with van der Waals surface area (Å²) in [5.74, 6) is -0.606. The summed E-state index contributed by atoms with van der Waals surface area (Å²) in [4.78, 5) is 23.0. The van der Waals surface area contributed by atoms with E-state index >= 15 is 0 Å². The van der Waals surface area contributed by atoms with E-state index in [9.17, 15) is 9.59 Å². The number of unbranched alkanes of at least 4 members (excludes halogenated alkanes) is 1. The minimum Gasteiger partial charge on any atom is -0.373 e. The Labute approximate surface area is 125 Å². The van der Waals surface area contributed by atoms with Gasteiger partial charge in [0.15, 0.2) is 0 Å². The largest absolute Gasteiger partial charge is 0.422 e.